The van der Waals surface area contributed by atoms with Crippen molar-refractivity contribution in [3.63, 3.8) is 0 Å². The summed E-state index contributed by atoms with van der Waals surface area (Å²) in [6.45, 7) is 0. The molecule has 0 aliphatic heterocycles. The van der Waals surface area contributed by atoms with Crippen LogP contribution in [0.3, 0.4) is 0 Å². The number of rotatable bonds is 2. The molecule has 0 spiro atoms. The van der Waals surface area contributed by atoms with Crippen LogP contribution in [0.25, 0.3) is 0 Å². The minimum absolute atomic E-state index is 0.0969. The first-order chi connectivity index (χ1) is 8.02. The monoisotopic (exact) mass is 380 g/mol. The van der Waals surface area contributed by atoms with Crippen LogP contribution in [0.4, 0.5) is 4.39 Å². The SMILES string of the molecule is O=C(c1ccoc1Br)c1ccc(Br)c(Cl)c1F. The first-order valence-corrected chi connectivity index (χ1v) is 6.40. The van der Waals surface area contributed by atoms with E-state index in [2.05, 4.69) is 31.9 Å². The predicted molar refractivity (Wildman–Crippen MR) is 69.0 cm³/mol. The summed E-state index contributed by atoms with van der Waals surface area (Å²) < 4.78 is 19.4. The van der Waals surface area contributed by atoms with Crippen molar-refractivity contribution >= 4 is 49.2 Å². The van der Waals surface area contributed by atoms with Crippen LogP contribution in [0.2, 0.25) is 5.02 Å². The smallest absolute Gasteiger partial charge is 0.200 e. The van der Waals surface area contributed by atoms with E-state index in [1.54, 1.807) is 0 Å². The van der Waals surface area contributed by atoms with Crippen molar-refractivity contribution in [2.45, 2.75) is 0 Å². The average Bonchev–Trinajstić information content (AvgIpc) is 2.72. The van der Waals surface area contributed by atoms with Gasteiger partial charge in [-0.15, -0.1) is 0 Å². The van der Waals surface area contributed by atoms with Gasteiger partial charge in [0.25, 0.3) is 0 Å². The Morgan fingerprint density at radius 2 is 1.94 bits per heavy atom. The van der Waals surface area contributed by atoms with E-state index in [1.165, 1.54) is 24.5 Å². The van der Waals surface area contributed by atoms with Crippen LogP contribution in [0.15, 0.2) is 38.0 Å². The van der Waals surface area contributed by atoms with E-state index in [-0.39, 0.29) is 20.8 Å². The Balaban J connectivity index is 2.53. The summed E-state index contributed by atoms with van der Waals surface area (Å²) in [7, 11) is 0. The number of ketones is 1. The number of halogens is 4. The van der Waals surface area contributed by atoms with Gasteiger partial charge in [-0.1, -0.05) is 11.6 Å². The minimum Gasteiger partial charge on any atom is -0.457 e. The lowest BCUT2D eigenvalue weighted by molar-refractivity contribution is 0.103. The lowest BCUT2D eigenvalue weighted by Gasteiger charge is -2.04. The van der Waals surface area contributed by atoms with Gasteiger partial charge < -0.3 is 4.42 Å². The first kappa shape index (κ1) is 12.8. The number of carbonyl (C=O) groups is 1. The highest BCUT2D eigenvalue weighted by Gasteiger charge is 2.21. The van der Waals surface area contributed by atoms with Gasteiger partial charge in [-0.25, -0.2) is 4.39 Å². The molecule has 0 aliphatic carbocycles. The Labute approximate surface area is 118 Å². The summed E-state index contributed by atoms with van der Waals surface area (Å²) in [6.07, 6.45) is 1.34. The number of benzene rings is 1. The Kier molecular flexibility index (Phi) is 3.70. The molecule has 0 atom stereocenters. The summed E-state index contributed by atoms with van der Waals surface area (Å²) in [5.74, 6) is -1.24. The molecule has 0 fully saturated rings. The molecule has 1 aromatic carbocycles. The van der Waals surface area contributed by atoms with Crippen LogP contribution in [-0.2, 0) is 0 Å². The largest absolute Gasteiger partial charge is 0.457 e. The highest BCUT2D eigenvalue weighted by molar-refractivity contribution is 9.10. The summed E-state index contributed by atoms with van der Waals surface area (Å²) in [5, 5.41) is -0.115. The van der Waals surface area contributed by atoms with Gasteiger partial charge >= 0.3 is 0 Å². The molecule has 0 bridgehead atoms. The maximum Gasteiger partial charge on any atom is 0.200 e. The number of furan rings is 1. The average molecular weight is 382 g/mol. The molecule has 2 nitrogen and oxygen atoms in total. The van der Waals surface area contributed by atoms with Gasteiger partial charge in [0, 0.05) is 4.47 Å². The molecule has 1 heterocycles. The summed E-state index contributed by atoms with van der Waals surface area (Å²) >= 11 is 11.9. The fraction of sp³-hybridized carbons (Fsp3) is 0. The van der Waals surface area contributed by atoms with Crippen LogP contribution in [0, 0.1) is 5.82 Å². The van der Waals surface area contributed by atoms with Crippen LogP contribution in [-0.4, -0.2) is 5.78 Å². The molecule has 0 unspecified atom stereocenters. The van der Waals surface area contributed by atoms with E-state index < -0.39 is 11.6 Å². The third-order valence-electron chi connectivity index (χ3n) is 2.14. The number of hydrogen-bond donors (Lipinski definition) is 0. The fourth-order valence-corrected chi connectivity index (χ4v) is 2.19. The normalized spacial score (nSPS) is 10.6. The van der Waals surface area contributed by atoms with Gasteiger partial charge in [-0.3, -0.25) is 4.79 Å². The molecule has 0 aliphatic rings. The Morgan fingerprint density at radius 1 is 1.24 bits per heavy atom. The van der Waals surface area contributed by atoms with Crippen LogP contribution < -0.4 is 0 Å². The van der Waals surface area contributed by atoms with Crippen molar-refractivity contribution in [1.29, 1.82) is 0 Å². The molecule has 6 heteroatoms. The number of carbonyl (C=O) groups excluding carboxylic acids is 1. The standard InChI is InChI=1S/C11H4Br2ClFO2/c12-7-2-1-5(9(15)8(7)14)10(16)6-3-4-17-11(6)13/h1-4H. The first-order valence-electron chi connectivity index (χ1n) is 4.43. The third-order valence-corrected chi connectivity index (χ3v) is 4.02. The Hall–Kier alpha value is -0.650. The lowest BCUT2D eigenvalue weighted by atomic mass is 10.1. The third kappa shape index (κ3) is 2.32. The van der Waals surface area contributed by atoms with E-state index in [0.29, 0.717) is 4.47 Å². The van der Waals surface area contributed by atoms with Gasteiger partial charge in [0.15, 0.2) is 16.3 Å². The van der Waals surface area contributed by atoms with Crippen LogP contribution in [0.1, 0.15) is 15.9 Å². The van der Waals surface area contributed by atoms with Crippen molar-refractivity contribution < 1.29 is 13.6 Å². The molecule has 0 saturated heterocycles. The predicted octanol–water partition coefficient (Wildman–Crippen LogP) is 4.83. The zero-order valence-corrected chi connectivity index (χ0v) is 12.1. The topological polar surface area (TPSA) is 30.2 Å². The van der Waals surface area contributed by atoms with E-state index in [9.17, 15) is 9.18 Å². The summed E-state index contributed by atoms with van der Waals surface area (Å²) in [5.41, 5.74) is 0.155. The van der Waals surface area contributed by atoms with Crippen molar-refractivity contribution in [1.82, 2.24) is 0 Å². The highest BCUT2D eigenvalue weighted by atomic mass is 79.9. The molecule has 0 N–H and O–H groups in total. The van der Waals surface area contributed by atoms with Crippen LogP contribution in [0.5, 0.6) is 0 Å². The Morgan fingerprint density at radius 3 is 2.53 bits per heavy atom. The van der Waals surface area contributed by atoms with Crippen LogP contribution >= 0.6 is 43.5 Å². The van der Waals surface area contributed by atoms with Crippen molar-refractivity contribution in [3.8, 4) is 0 Å². The fourth-order valence-electron chi connectivity index (χ4n) is 1.30. The van der Waals surface area contributed by atoms with Gasteiger partial charge in [-0.2, -0.15) is 0 Å². The maximum atomic E-state index is 13.8. The second kappa shape index (κ2) is 4.92. The van der Waals surface area contributed by atoms with Crippen molar-refractivity contribution in [2.75, 3.05) is 0 Å². The quantitative estimate of drug-likeness (QED) is 0.550. The second-order valence-corrected chi connectivity index (χ2v) is 5.11. The molecular formula is C11H4Br2ClFO2. The number of hydrogen-bond acceptors (Lipinski definition) is 2. The molecule has 2 rings (SSSR count). The molecule has 0 saturated carbocycles. The molecule has 0 radical (unpaired) electrons. The molecule has 1 aromatic heterocycles. The zero-order chi connectivity index (χ0) is 12.6. The second-order valence-electron chi connectivity index (χ2n) is 3.16. The zero-order valence-electron chi connectivity index (χ0n) is 8.14. The molecule has 17 heavy (non-hydrogen) atoms. The molecule has 88 valence electrons. The molecule has 0 amide bonds. The van der Waals surface area contributed by atoms with Gasteiger partial charge in [0.05, 0.1) is 22.4 Å². The highest BCUT2D eigenvalue weighted by Crippen LogP contribution is 2.30. The van der Waals surface area contributed by atoms with E-state index in [4.69, 9.17) is 16.0 Å². The van der Waals surface area contributed by atoms with E-state index in [0.717, 1.165) is 0 Å². The van der Waals surface area contributed by atoms with Gasteiger partial charge in [0.2, 0.25) is 0 Å². The van der Waals surface area contributed by atoms with Crippen molar-refractivity contribution in [3.05, 3.63) is 55.6 Å². The summed E-state index contributed by atoms with van der Waals surface area (Å²) in [4.78, 5) is 12.0. The summed E-state index contributed by atoms with van der Waals surface area (Å²) in [6, 6.07) is 4.35. The molecule has 2 aromatic rings. The van der Waals surface area contributed by atoms with Gasteiger partial charge in [0.1, 0.15) is 0 Å². The lowest BCUT2D eigenvalue weighted by Crippen LogP contribution is -2.04. The van der Waals surface area contributed by atoms with Crippen molar-refractivity contribution in [2.24, 2.45) is 0 Å². The molecular weight excluding hydrogens is 378 g/mol. The van der Waals surface area contributed by atoms with E-state index >= 15 is 0 Å². The Bertz CT molecular complexity index is 595. The van der Waals surface area contributed by atoms with E-state index in [1.807, 2.05) is 0 Å². The maximum absolute atomic E-state index is 13.8. The minimum atomic E-state index is -0.751. The van der Waals surface area contributed by atoms with Gasteiger partial charge in [-0.05, 0) is 50.1 Å².